The van der Waals surface area contributed by atoms with Gasteiger partial charge < -0.3 is 4.74 Å². The van der Waals surface area contributed by atoms with E-state index in [4.69, 9.17) is 27.9 Å². The molecule has 30 heavy (non-hydrogen) atoms. The molecule has 10 heteroatoms. The smallest absolute Gasteiger partial charge is 0.302 e. The van der Waals surface area contributed by atoms with Crippen LogP contribution in [0.2, 0.25) is 0 Å². The fraction of sp³-hybridized carbons (Fsp3) is 0.600. The minimum atomic E-state index is -4.19. The van der Waals surface area contributed by atoms with Crippen LogP contribution in [0, 0.1) is 12.8 Å². The van der Waals surface area contributed by atoms with Gasteiger partial charge in [-0.05, 0) is 31.9 Å². The van der Waals surface area contributed by atoms with Crippen LogP contribution in [-0.4, -0.2) is 46.2 Å². The quantitative estimate of drug-likeness (QED) is 0.434. The Morgan fingerprint density at radius 1 is 1.20 bits per heavy atom. The monoisotopic (exact) mass is 493 g/mol. The molecule has 0 bridgehead atoms. The Labute approximate surface area is 191 Å². The molecule has 1 aliphatic heterocycles. The zero-order valence-electron chi connectivity index (χ0n) is 16.8. The Bertz CT molecular complexity index is 898. The number of carbonyl (C=O) groups is 2. The van der Waals surface area contributed by atoms with E-state index in [0.29, 0.717) is 0 Å². The molecule has 0 N–H and O–H groups in total. The van der Waals surface area contributed by atoms with Crippen molar-refractivity contribution in [2.45, 2.75) is 65.8 Å². The molecule has 0 radical (unpaired) electrons. The molecule has 2 aliphatic rings. The molecule has 0 aromatic heterocycles. The van der Waals surface area contributed by atoms with E-state index in [-0.39, 0.29) is 16.8 Å². The van der Waals surface area contributed by atoms with Crippen LogP contribution >= 0.6 is 35.0 Å². The van der Waals surface area contributed by atoms with Crippen LogP contribution in [0.15, 0.2) is 29.2 Å². The van der Waals surface area contributed by atoms with E-state index >= 15 is 0 Å². The molecule has 166 valence electrons. The van der Waals surface area contributed by atoms with Crippen molar-refractivity contribution < 1.29 is 22.7 Å². The Kier molecular flexibility index (Phi) is 7.32. The van der Waals surface area contributed by atoms with Gasteiger partial charge in [-0.1, -0.05) is 60.2 Å². The van der Waals surface area contributed by atoms with Gasteiger partial charge in [0, 0.05) is 12.2 Å². The molecular weight excluding hydrogens is 469 g/mol. The van der Waals surface area contributed by atoms with Crippen molar-refractivity contribution in [1.29, 1.82) is 0 Å². The highest BCUT2D eigenvalue weighted by Crippen LogP contribution is 2.51. The summed E-state index contributed by atoms with van der Waals surface area (Å²) in [6, 6.07) is 6.26. The number of amides is 1. The summed E-state index contributed by atoms with van der Waals surface area (Å²) in [4.78, 5) is 24.5. The third-order valence-corrected chi connectivity index (χ3v) is 9.92. The largest absolute Gasteiger partial charge is 0.465 e. The van der Waals surface area contributed by atoms with Crippen LogP contribution in [0.3, 0.4) is 0 Å². The number of rotatable bonds is 6. The normalized spacial score (nSPS) is 24.8. The lowest BCUT2D eigenvalue weighted by atomic mass is 10.0. The van der Waals surface area contributed by atoms with Crippen molar-refractivity contribution in [3.8, 4) is 0 Å². The van der Waals surface area contributed by atoms with E-state index in [1.165, 1.54) is 30.8 Å². The standard InChI is InChI=1S/C20H25Cl2NO5S2/c1-13-8-10-16(11-9-13)30(26,27)23-18(29-15-6-4-3-5-7-15)17(12-28-14(2)24)20(21,22)19(23)25/h8-11,15,17-18H,3-7,12H2,1-2H3/t17-,18-/m1/s1. The second kappa shape index (κ2) is 9.27. The van der Waals surface area contributed by atoms with Crippen LogP contribution in [0.25, 0.3) is 0 Å². The molecule has 1 amide bonds. The lowest BCUT2D eigenvalue weighted by Crippen LogP contribution is -2.40. The van der Waals surface area contributed by atoms with E-state index in [2.05, 4.69) is 0 Å². The topological polar surface area (TPSA) is 80.8 Å². The molecular formula is C20H25Cl2NO5S2. The third kappa shape index (κ3) is 4.76. The van der Waals surface area contributed by atoms with Crippen molar-refractivity contribution in [3.05, 3.63) is 29.8 Å². The number of halogens is 2. The van der Waals surface area contributed by atoms with Crippen molar-refractivity contribution >= 4 is 56.9 Å². The molecule has 1 heterocycles. The zero-order valence-corrected chi connectivity index (χ0v) is 20.0. The Balaban J connectivity index is 2.01. The summed E-state index contributed by atoms with van der Waals surface area (Å²) in [5, 5.41) is -0.685. The molecule has 1 aromatic rings. The Hall–Kier alpha value is -0.960. The maximum absolute atomic E-state index is 13.4. The fourth-order valence-electron chi connectivity index (χ4n) is 3.78. The van der Waals surface area contributed by atoms with Crippen molar-refractivity contribution in [1.82, 2.24) is 4.31 Å². The summed E-state index contributed by atoms with van der Waals surface area (Å²) in [6.07, 6.45) is 5.07. The molecule has 3 rings (SSSR count). The van der Waals surface area contributed by atoms with Gasteiger partial charge in [-0.2, -0.15) is 0 Å². The van der Waals surface area contributed by atoms with Gasteiger partial charge in [0.1, 0.15) is 12.0 Å². The van der Waals surface area contributed by atoms with Crippen molar-refractivity contribution in [2.24, 2.45) is 5.92 Å². The number of hydrogen-bond donors (Lipinski definition) is 0. The number of nitrogens with zero attached hydrogens (tertiary/aromatic N) is 1. The summed E-state index contributed by atoms with van der Waals surface area (Å²) >= 11 is 14.2. The summed E-state index contributed by atoms with van der Waals surface area (Å²) < 4.78 is 30.8. The number of benzene rings is 1. The van der Waals surface area contributed by atoms with Gasteiger partial charge in [0.05, 0.1) is 10.8 Å². The number of carbonyl (C=O) groups excluding carboxylic acids is 2. The minimum Gasteiger partial charge on any atom is -0.465 e. The van der Waals surface area contributed by atoms with E-state index in [1.807, 2.05) is 6.92 Å². The van der Waals surface area contributed by atoms with Gasteiger partial charge in [-0.25, -0.2) is 12.7 Å². The molecule has 6 nitrogen and oxygen atoms in total. The van der Waals surface area contributed by atoms with Crippen LogP contribution in [0.1, 0.15) is 44.6 Å². The van der Waals surface area contributed by atoms with Gasteiger partial charge in [0.15, 0.2) is 0 Å². The molecule has 2 atom stereocenters. The first-order chi connectivity index (χ1) is 14.0. The number of thioether (sulfide) groups is 1. The predicted octanol–water partition coefficient (Wildman–Crippen LogP) is 4.27. The maximum Gasteiger partial charge on any atom is 0.302 e. The number of esters is 1. The number of sulfonamides is 1. The maximum atomic E-state index is 13.4. The van der Waals surface area contributed by atoms with E-state index in [1.54, 1.807) is 12.1 Å². The molecule has 1 saturated heterocycles. The van der Waals surface area contributed by atoms with Gasteiger partial charge in [-0.3, -0.25) is 9.59 Å². The highest BCUT2D eigenvalue weighted by atomic mass is 35.5. The number of alkyl halides is 2. The van der Waals surface area contributed by atoms with E-state index in [9.17, 15) is 18.0 Å². The second-order valence-electron chi connectivity index (χ2n) is 7.74. The number of hydrogen-bond acceptors (Lipinski definition) is 6. The first-order valence-electron chi connectivity index (χ1n) is 9.87. The highest BCUT2D eigenvalue weighted by molar-refractivity contribution is 8.01. The third-order valence-electron chi connectivity index (χ3n) is 5.45. The minimum absolute atomic E-state index is 0.00652. The first-order valence-corrected chi connectivity index (χ1v) is 13.0. The van der Waals surface area contributed by atoms with Crippen LogP contribution < -0.4 is 0 Å². The summed E-state index contributed by atoms with van der Waals surface area (Å²) in [5.41, 5.74) is 0.895. The Morgan fingerprint density at radius 2 is 1.80 bits per heavy atom. The average molecular weight is 494 g/mol. The van der Waals surface area contributed by atoms with Crippen molar-refractivity contribution in [3.63, 3.8) is 0 Å². The zero-order chi connectivity index (χ0) is 22.1. The lowest BCUT2D eigenvalue weighted by molar-refractivity contribution is -0.142. The van der Waals surface area contributed by atoms with Gasteiger partial charge in [0.2, 0.25) is 4.33 Å². The highest BCUT2D eigenvalue weighted by Gasteiger charge is 2.62. The first kappa shape index (κ1) is 23.7. The molecule has 2 fully saturated rings. The molecule has 1 saturated carbocycles. The summed E-state index contributed by atoms with van der Waals surface area (Å²) in [6.45, 7) is 2.85. The fourth-order valence-corrected chi connectivity index (χ4v) is 8.23. The molecule has 0 unspecified atom stereocenters. The number of ether oxygens (including phenoxy) is 1. The molecule has 1 aromatic carbocycles. The summed E-state index contributed by atoms with van der Waals surface area (Å²) in [7, 11) is -4.19. The predicted molar refractivity (Wildman–Crippen MR) is 118 cm³/mol. The van der Waals surface area contributed by atoms with Crippen LogP contribution in [-0.2, 0) is 24.3 Å². The summed E-state index contributed by atoms with van der Waals surface area (Å²) in [5.74, 6) is -2.34. The van der Waals surface area contributed by atoms with Crippen LogP contribution in [0.5, 0.6) is 0 Å². The SMILES string of the molecule is CC(=O)OC[C@@H]1[C@@H](SC2CCCCC2)N(S(=O)(=O)c2ccc(C)cc2)C(=O)C1(Cl)Cl. The van der Waals surface area contributed by atoms with Gasteiger partial charge in [-0.15, -0.1) is 11.8 Å². The van der Waals surface area contributed by atoms with E-state index in [0.717, 1.165) is 42.0 Å². The van der Waals surface area contributed by atoms with Crippen molar-refractivity contribution in [2.75, 3.05) is 6.61 Å². The molecule has 0 spiro atoms. The Morgan fingerprint density at radius 3 is 2.37 bits per heavy atom. The van der Waals surface area contributed by atoms with Gasteiger partial charge >= 0.3 is 5.97 Å². The second-order valence-corrected chi connectivity index (χ2v) is 12.4. The van der Waals surface area contributed by atoms with Crippen LogP contribution in [0.4, 0.5) is 0 Å². The lowest BCUT2D eigenvalue weighted by Gasteiger charge is -2.31. The number of aryl methyl sites for hydroxylation is 1. The van der Waals surface area contributed by atoms with E-state index < -0.39 is 37.5 Å². The average Bonchev–Trinajstić information content (AvgIpc) is 2.87. The van der Waals surface area contributed by atoms with Gasteiger partial charge in [0.25, 0.3) is 15.9 Å². The molecule has 1 aliphatic carbocycles.